The second-order valence-electron chi connectivity index (χ2n) is 4.33. The third-order valence-electron chi connectivity index (χ3n) is 2.73. The number of nitrogens with one attached hydrogen (secondary N) is 1. The smallest absolute Gasteiger partial charge is 0.265 e. The maximum absolute atomic E-state index is 13.2. The summed E-state index contributed by atoms with van der Waals surface area (Å²) in [6.45, 7) is -0.782. The van der Waals surface area contributed by atoms with Gasteiger partial charge in [-0.05, 0) is 18.4 Å². The molecule has 0 spiro atoms. The van der Waals surface area contributed by atoms with Gasteiger partial charge in [0.2, 0.25) is 0 Å². The SMILES string of the molecule is CSc1cc(NC(=O)c2cc(F)c(Cl)s2)cn(CC(F)F)c1=O. The number of hydrogen-bond donors (Lipinski definition) is 1. The Hall–Kier alpha value is -1.45. The highest BCUT2D eigenvalue weighted by molar-refractivity contribution is 7.98. The first-order valence-electron chi connectivity index (χ1n) is 6.14. The van der Waals surface area contributed by atoms with Crippen molar-refractivity contribution in [2.75, 3.05) is 11.6 Å². The van der Waals surface area contributed by atoms with Crippen LogP contribution in [0.5, 0.6) is 0 Å². The zero-order valence-corrected chi connectivity index (χ0v) is 14.0. The molecule has 0 aliphatic carbocycles. The van der Waals surface area contributed by atoms with Gasteiger partial charge in [-0.25, -0.2) is 13.2 Å². The van der Waals surface area contributed by atoms with Gasteiger partial charge in [0, 0.05) is 6.20 Å². The Kier molecular flexibility index (Phi) is 5.77. The third-order valence-corrected chi connectivity index (χ3v) is 4.78. The number of nitrogens with zero attached hydrogens (tertiary/aromatic N) is 1. The first-order valence-corrected chi connectivity index (χ1v) is 8.56. The van der Waals surface area contributed by atoms with Crippen LogP contribution < -0.4 is 10.9 Å². The highest BCUT2D eigenvalue weighted by Crippen LogP contribution is 2.27. The van der Waals surface area contributed by atoms with Crippen molar-refractivity contribution < 1.29 is 18.0 Å². The van der Waals surface area contributed by atoms with Crippen molar-refractivity contribution in [3.63, 3.8) is 0 Å². The molecule has 2 rings (SSSR count). The Morgan fingerprint density at radius 1 is 1.48 bits per heavy atom. The average molecular weight is 383 g/mol. The van der Waals surface area contributed by atoms with E-state index >= 15 is 0 Å². The predicted octanol–water partition coefficient (Wildman–Crippen LogP) is 3.94. The molecule has 0 saturated carbocycles. The van der Waals surface area contributed by atoms with Gasteiger partial charge >= 0.3 is 0 Å². The Labute approximate surface area is 142 Å². The van der Waals surface area contributed by atoms with Crippen LogP contribution in [-0.4, -0.2) is 23.2 Å². The second kappa shape index (κ2) is 7.41. The molecule has 2 aromatic heterocycles. The number of halogens is 4. The predicted molar refractivity (Wildman–Crippen MR) is 85.7 cm³/mol. The summed E-state index contributed by atoms with van der Waals surface area (Å²) in [5.41, 5.74) is -0.412. The number of alkyl halides is 2. The van der Waals surface area contributed by atoms with Crippen molar-refractivity contribution >= 4 is 46.3 Å². The minimum Gasteiger partial charge on any atom is -0.320 e. The number of carbonyl (C=O) groups excluding carboxylic acids is 1. The average Bonchev–Trinajstić information content (AvgIpc) is 2.81. The Bertz CT molecular complexity index is 773. The van der Waals surface area contributed by atoms with E-state index in [0.29, 0.717) is 0 Å². The standard InChI is InChI=1S/C13H10ClF3N2O2S2/c1-22-9-2-6(4-19(13(9)21)5-10(16)17)18-12(20)8-3-7(15)11(14)23-8/h2-4,10H,5H2,1H3,(H,18,20). The quantitative estimate of drug-likeness (QED) is 0.797. The van der Waals surface area contributed by atoms with E-state index in [2.05, 4.69) is 5.32 Å². The monoisotopic (exact) mass is 382 g/mol. The Morgan fingerprint density at radius 3 is 2.70 bits per heavy atom. The van der Waals surface area contributed by atoms with Crippen LogP contribution in [-0.2, 0) is 6.54 Å². The summed E-state index contributed by atoms with van der Waals surface area (Å²) in [6, 6.07) is 2.35. The molecule has 2 aromatic rings. The van der Waals surface area contributed by atoms with E-state index in [1.807, 2.05) is 0 Å². The zero-order chi connectivity index (χ0) is 17.1. The summed E-state index contributed by atoms with van der Waals surface area (Å²) in [6.07, 6.45) is 0.0276. The largest absolute Gasteiger partial charge is 0.320 e. The number of carbonyl (C=O) groups is 1. The summed E-state index contributed by atoms with van der Waals surface area (Å²) in [5, 5.41) is 2.44. The van der Waals surface area contributed by atoms with Gasteiger partial charge in [0.15, 0.2) is 5.82 Å². The van der Waals surface area contributed by atoms with Crippen LogP contribution in [0.3, 0.4) is 0 Å². The lowest BCUT2D eigenvalue weighted by Gasteiger charge is -2.11. The molecular formula is C13H10ClF3N2O2S2. The second-order valence-corrected chi connectivity index (χ2v) is 6.83. The Balaban J connectivity index is 2.31. The van der Waals surface area contributed by atoms with Crippen molar-refractivity contribution in [1.82, 2.24) is 4.57 Å². The number of aromatic nitrogens is 1. The van der Waals surface area contributed by atoms with E-state index in [0.717, 1.165) is 39.9 Å². The maximum atomic E-state index is 13.2. The van der Waals surface area contributed by atoms with Crippen LogP contribution in [0.15, 0.2) is 28.0 Å². The van der Waals surface area contributed by atoms with Crippen LogP contribution in [0.4, 0.5) is 18.9 Å². The molecule has 0 aliphatic rings. The number of thiophene rings is 1. The van der Waals surface area contributed by atoms with E-state index in [9.17, 15) is 22.8 Å². The number of amides is 1. The van der Waals surface area contributed by atoms with Gasteiger partial charge in [-0.15, -0.1) is 23.1 Å². The molecule has 1 amide bonds. The molecule has 0 unspecified atom stereocenters. The molecule has 10 heteroatoms. The molecule has 0 atom stereocenters. The lowest BCUT2D eigenvalue weighted by Crippen LogP contribution is -2.25. The van der Waals surface area contributed by atoms with E-state index in [1.54, 1.807) is 6.26 Å². The molecule has 0 saturated heterocycles. The fraction of sp³-hybridized carbons (Fsp3) is 0.231. The van der Waals surface area contributed by atoms with Crippen molar-refractivity contribution in [3.8, 4) is 0 Å². The van der Waals surface area contributed by atoms with Crippen LogP contribution >= 0.6 is 34.7 Å². The molecule has 2 heterocycles. The number of thioether (sulfide) groups is 1. The summed E-state index contributed by atoms with van der Waals surface area (Å²) in [7, 11) is 0. The minimum atomic E-state index is -2.71. The highest BCUT2D eigenvalue weighted by atomic mass is 35.5. The molecule has 1 N–H and O–H groups in total. The van der Waals surface area contributed by atoms with Gasteiger partial charge in [0.1, 0.15) is 4.34 Å². The summed E-state index contributed by atoms with van der Waals surface area (Å²) < 4.78 is 38.9. The van der Waals surface area contributed by atoms with Crippen molar-refractivity contribution in [3.05, 3.63) is 43.7 Å². The van der Waals surface area contributed by atoms with Crippen LogP contribution in [0.25, 0.3) is 0 Å². The van der Waals surface area contributed by atoms with Crippen molar-refractivity contribution in [2.24, 2.45) is 0 Å². The van der Waals surface area contributed by atoms with Crippen LogP contribution in [0, 0.1) is 5.82 Å². The Morgan fingerprint density at radius 2 is 2.17 bits per heavy atom. The molecule has 0 fully saturated rings. The summed E-state index contributed by atoms with van der Waals surface area (Å²) in [5.74, 6) is -1.36. The minimum absolute atomic E-state index is 0.0322. The van der Waals surface area contributed by atoms with Gasteiger partial charge in [-0.3, -0.25) is 9.59 Å². The van der Waals surface area contributed by atoms with Gasteiger partial charge in [-0.1, -0.05) is 11.6 Å². The number of pyridine rings is 1. The third kappa shape index (κ3) is 4.30. The highest BCUT2D eigenvalue weighted by Gasteiger charge is 2.16. The first kappa shape index (κ1) is 17.9. The van der Waals surface area contributed by atoms with E-state index in [4.69, 9.17) is 11.6 Å². The molecule has 124 valence electrons. The van der Waals surface area contributed by atoms with E-state index < -0.39 is 30.3 Å². The molecule has 0 radical (unpaired) electrons. The van der Waals surface area contributed by atoms with Gasteiger partial charge in [0.25, 0.3) is 17.9 Å². The van der Waals surface area contributed by atoms with Crippen molar-refractivity contribution in [2.45, 2.75) is 17.9 Å². The van der Waals surface area contributed by atoms with E-state index in [1.165, 1.54) is 6.07 Å². The lowest BCUT2D eigenvalue weighted by molar-refractivity contribution is 0.103. The fourth-order valence-corrected chi connectivity index (χ4v) is 3.25. The molecule has 0 bridgehead atoms. The number of anilines is 1. The number of rotatable bonds is 5. The summed E-state index contributed by atoms with van der Waals surface area (Å²) >= 11 is 7.39. The molecule has 23 heavy (non-hydrogen) atoms. The fourth-order valence-electron chi connectivity index (χ4n) is 1.76. The zero-order valence-electron chi connectivity index (χ0n) is 11.6. The maximum Gasteiger partial charge on any atom is 0.265 e. The van der Waals surface area contributed by atoms with Gasteiger partial charge in [0.05, 0.1) is 22.0 Å². The van der Waals surface area contributed by atoms with Crippen LogP contribution in [0.2, 0.25) is 4.34 Å². The number of hydrogen-bond acceptors (Lipinski definition) is 4. The van der Waals surface area contributed by atoms with E-state index in [-0.39, 0.29) is 19.8 Å². The molecule has 4 nitrogen and oxygen atoms in total. The summed E-state index contributed by atoms with van der Waals surface area (Å²) in [4.78, 5) is 24.2. The topological polar surface area (TPSA) is 51.1 Å². The molecular weight excluding hydrogens is 373 g/mol. The molecule has 0 aromatic carbocycles. The normalized spacial score (nSPS) is 11.0. The van der Waals surface area contributed by atoms with Crippen LogP contribution in [0.1, 0.15) is 9.67 Å². The molecule has 0 aliphatic heterocycles. The van der Waals surface area contributed by atoms with Gasteiger partial charge in [-0.2, -0.15) is 0 Å². The van der Waals surface area contributed by atoms with Gasteiger partial charge < -0.3 is 9.88 Å². The van der Waals surface area contributed by atoms with Crippen molar-refractivity contribution in [1.29, 1.82) is 0 Å². The lowest BCUT2D eigenvalue weighted by atomic mass is 10.3. The first-order chi connectivity index (χ1) is 10.8.